The van der Waals surface area contributed by atoms with Crippen LogP contribution in [-0.2, 0) is 4.79 Å². The Morgan fingerprint density at radius 1 is 1.33 bits per heavy atom. The summed E-state index contributed by atoms with van der Waals surface area (Å²) >= 11 is 0. The third kappa shape index (κ3) is 0.848. The minimum absolute atomic E-state index is 0.170. The summed E-state index contributed by atoms with van der Waals surface area (Å²) in [6.45, 7) is 4.31. The van der Waals surface area contributed by atoms with Gasteiger partial charge in [-0.05, 0) is 49.9 Å². The molecule has 0 unspecified atom stereocenters. The molecular weight excluding hydrogens is 188 g/mol. The van der Waals surface area contributed by atoms with Crippen LogP contribution in [0.3, 0.4) is 0 Å². The van der Waals surface area contributed by atoms with E-state index in [-0.39, 0.29) is 11.5 Å². The lowest BCUT2D eigenvalue weighted by Gasteiger charge is -2.38. The molecule has 15 heavy (non-hydrogen) atoms. The molecule has 3 aliphatic rings. The van der Waals surface area contributed by atoms with Crippen molar-refractivity contribution in [1.29, 1.82) is 0 Å². The van der Waals surface area contributed by atoms with Crippen LogP contribution < -0.4 is 0 Å². The van der Waals surface area contributed by atoms with Crippen LogP contribution in [0.1, 0.15) is 46.0 Å². The number of hydrogen-bond donors (Lipinski definition) is 1. The van der Waals surface area contributed by atoms with E-state index in [4.69, 9.17) is 0 Å². The molecule has 2 nitrogen and oxygen atoms in total. The molecule has 0 bridgehead atoms. The Kier molecular flexibility index (Phi) is 1.74. The molecule has 0 aromatic carbocycles. The fourth-order valence-corrected chi connectivity index (χ4v) is 4.92. The predicted molar refractivity (Wildman–Crippen MR) is 57.3 cm³/mol. The third-order valence-corrected chi connectivity index (χ3v) is 5.99. The SMILES string of the molecule is C[C@@H]1CC[C@@]23CC[C@@H](O)[C@]2(C)C(=O)C[C@@H]13. The van der Waals surface area contributed by atoms with Crippen molar-refractivity contribution in [2.45, 2.75) is 52.1 Å². The van der Waals surface area contributed by atoms with Crippen LogP contribution in [0.15, 0.2) is 0 Å². The van der Waals surface area contributed by atoms with Gasteiger partial charge in [0.1, 0.15) is 5.78 Å². The van der Waals surface area contributed by atoms with Crippen LogP contribution in [0.25, 0.3) is 0 Å². The summed E-state index contributed by atoms with van der Waals surface area (Å²) in [6.07, 6.45) is 4.68. The van der Waals surface area contributed by atoms with Crippen molar-refractivity contribution in [1.82, 2.24) is 0 Å². The molecule has 1 N–H and O–H groups in total. The van der Waals surface area contributed by atoms with E-state index in [0.717, 1.165) is 25.7 Å². The van der Waals surface area contributed by atoms with Crippen LogP contribution in [0, 0.1) is 22.7 Å². The smallest absolute Gasteiger partial charge is 0.142 e. The van der Waals surface area contributed by atoms with E-state index < -0.39 is 5.41 Å². The van der Waals surface area contributed by atoms with E-state index in [1.54, 1.807) is 0 Å². The van der Waals surface area contributed by atoms with Crippen LogP contribution in [-0.4, -0.2) is 17.0 Å². The van der Waals surface area contributed by atoms with Crippen LogP contribution in [0.2, 0.25) is 0 Å². The largest absolute Gasteiger partial charge is 0.392 e. The molecule has 0 aromatic rings. The maximum absolute atomic E-state index is 12.2. The maximum Gasteiger partial charge on any atom is 0.142 e. The third-order valence-electron chi connectivity index (χ3n) is 5.99. The van der Waals surface area contributed by atoms with Gasteiger partial charge in [-0.25, -0.2) is 0 Å². The first-order chi connectivity index (χ1) is 7.02. The molecule has 5 atom stereocenters. The molecule has 3 fully saturated rings. The molecule has 3 saturated carbocycles. The lowest BCUT2D eigenvalue weighted by molar-refractivity contribution is -0.133. The predicted octanol–water partition coefficient (Wildman–Crippen LogP) is 2.15. The Morgan fingerprint density at radius 3 is 2.73 bits per heavy atom. The zero-order valence-electron chi connectivity index (χ0n) is 9.62. The molecule has 1 spiro atoms. The van der Waals surface area contributed by atoms with Crippen LogP contribution in [0.4, 0.5) is 0 Å². The van der Waals surface area contributed by atoms with Crippen LogP contribution >= 0.6 is 0 Å². The average molecular weight is 208 g/mol. The molecule has 3 rings (SSSR count). The number of Topliss-reactive ketones (excluding diaryl/α,β-unsaturated/α-hetero) is 1. The summed E-state index contributed by atoms with van der Waals surface area (Å²) in [5.41, 5.74) is -0.231. The Labute approximate surface area is 91.1 Å². The first kappa shape index (κ1) is 9.83. The van der Waals surface area contributed by atoms with Crippen molar-refractivity contribution in [3.63, 3.8) is 0 Å². The van der Waals surface area contributed by atoms with Crippen LogP contribution in [0.5, 0.6) is 0 Å². The standard InChI is InChI=1S/C13H20O2/c1-8-3-5-13-6-4-10(14)12(13,2)11(15)7-9(8)13/h8-10,14H,3-7H2,1-2H3/t8-,9+,10-,12-,13+/m1/s1. The van der Waals surface area contributed by atoms with Crippen molar-refractivity contribution < 1.29 is 9.90 Å². The second kappa shape index (κ2) is 2.65. The van der Waals surface area contributed by atoms with Crippen molar-refractivity contribution >= 4 is 5.78 Å². The number of aliphatic hydroxyl groups is 1. The van der Waals surface area contributed by atoms with Crippen molar-refractivity contribution in [2.75, 3.05) is 0 Å². The Morgan fingerprint density at radius 2 is 2.00 bits per heavy atom. The first-order valence-electron chi connectivity index (χ1n) is 6.24. The van der Waals surface area contributed by atoms with Gasteiger partial charge >= 0.3 is 0 Å². The van der Waals surface area contributed by atoms with Gasteiger partial charge in [-0.2, -0.15) is 0 Å². The van der Waals surface area contributed by atoms with E-state index >= 15 is 0 Å². The number of rotatable bonds is 0. The van der Waals surface area contributed by atoms with Crippen molar-refractivity contribution in [3.05, 3.63) is 0 Å². The normalized spacial score (nSPS) is 58.3. The Hall–Kier alpha value is -0.370. The van der Waals surface area contributed by atoms with Gasteiger partial charge in [0.05, 0.1) is 11.5 Å². The molecular formula is C13H20O2. The molecule has 84 valence electrons. The van der Waals surface area contributed by atoms with Gasteiger partial charge in [0.15, 0.2) is 0 Å². The maximum atomic E-state index is 12.2. The number of carbonyl (C=O) groups is 1. The lowest BCUT2D eigenvalue weighted by Crippen LogP contribution is -2.42. The van der Waals surface area contributed by atoms with E-state index in [9.17, 15) is 9.90 Å². The van der Waals surface area contributed by atoms with Gasteiger partial charge < -0.3 is 5.11 Å². The molecule has 0 radical (unpaired) electrons. The summed E-state index contributed by atoms with van der Waals surface area (Å²) in [6, 6.07) is 0. The van der Waals surface area contributed by atoms with E-state index in [1.165, 1.54) is 6.42 Å². The van der Waals surface area contributed by atoms with Gasteiger partial charge in [0.25, 0.3) is 0 Å². The number of ketones is 1. The molecule has 3 aliphatic carbocycles. The second-order valence-electron chi connectivity index (χ2n) is 6.16. The quantitative estimate of drug-likeness (QED) is 0.662. The summed E-state index contributed by atoms with van der Waals surface area (Å²) in [5.74, 6) is 1.58. The minimum atomic E-state index is -0.400. The highest BCUT2D eigenvalue weighted by molar-refractivity contribution is 5.89. The van der Waals surface area contributed by atoms with Gasteiger partial charge in [0.2, 0.25) is 0 Å². The lowest BCUT2D eigenvalue weighted by atomic mass is 9.65. The van der Waals surface area contributed by atoms with Gasteiger partial charge in [-0.15, -0.1) is 0 Å². The number of hydrogen-bond acceptors (Lipinski definition) is 2. The highest BCUT2D eigenvalue weighted by atomic mass is 16.3. The zero-order chi connectivity index (χ0) is 10.8. The highest BCUT2D eigenvalue weighted by Crippen LogP contribution is 2.70. The topological polar surface area (TPSA) is 37.3 Å². The summed E-state index contributed by atoms with van der Waals surface area (Å²) in [5, 5.41) is 10.1. The average Bonchev–Trinajstić information content (AvgIpc) is 2.72. The summed E-state index contributed by atoms with van der Waals surface area (Å²) in [4.78, 5) is 12.2. The van der Waals surface area contributed by atoms with Crippen molar-refractivity contribution in [3.8, 4) is 0 Å². The molecule has 2 heteroatoms. The molecule has 0 heterocycles. The fourth-order valence-electron chi connectivity index (χ4n) is 4.92. The highest BCUT2D eigenvalue weighted by Gasteiger charge is 2.70. The molecule has 0 aromatic heterocycles. The monoisotopic (exact) mass is 208 g/mol. The molecule has 0 saturated heterocycles. The van der Waals surface area contributed by atoms with E-state index in [1.807, 2.05) is 6.92 Å². The number of aliphatic hydroxyl groups excluding tert-OH is 1. The number of carbonyl (C=O) groups excluding carboxylic acids is 1. The fraction of sp³-hybridized carbons (Fsp3) is 0.923. The Bertz CT molecular complexity index is 320. The van der Waals surface area contributed by atoms with Gasteiger partial charge in [-0.1, -0.05) is 6.92 Å². The van der Waals surface area contributed by atoms with E-state index in [2.05, 4.69) is 6.92 Å². The first-order valence-corrected chi connectivity index (χ1v) is 6.24. The zero-order valence-corrected chi connectivity index (χ0v) is 9.62. The summed E-state index contributed by atoms with van der Waals surface area (Å²) in [7, 11) is 0. The minimum Gasteiger partial charge on any atom is -0.392 e. The van der Waals surface area contributed by atoms with Gasteiger partial charge in [-0.3, -0.25) is 4.79 Å². The molecule has 0 amide bonds. The second-order valence-corrected chi connectivity index (χ2v) is 6.16. The summed E-state index contributed by atoms with van der Waals surface area (Å²) < 4.78 is 0. The Balaban J connectivity index is 2.12. The van der Waals surface area contributed by atoms with Crippen molar-refractivity contribution in [2.24, 2.45) is 22.7 Å². The van der Waals surface area contributed by atoms with E-state index in [0.29, 0.717) is 17.6 Å². The molecule has 0 aliphatic heterocycles. The van der Waals surface area contributed by atoms with Gasteiger partial charge in [0, 0.05) is 6.42 Å².